The number of fused-ring (bicyclic) bond motifs is 1. The topological polar surface area (TPSA) is 79.1 Å². The van der Waals surface area contributed by atoms with Crippen LogP contribution in [0.4, 0.5) is 23.1 Å². The largest absolute Gasteiger partial charge is 0.397 e. The Labute approximate surface area is 165 Å². The fourth-order valence-corrected chi connectivity index (χ4v) is 4.07. The number of anilines is 4. The molecule has 0 spiro atoms. The van der Waals surface area contributed by atoms with Crippen molar-refractivity contribution in [1.82, 2.24) is 15.3 Å². The molecule has 0 unspecified atom stereocenters. The number of aromatic nitrogens is 2. The van der Waals surface area contributed by atoms with Crippen molar-refractivity contribution in [3.8, 4) is 0 Å². The molecule has 144 valence electrons. The standard InChI is InChI=1S/C20H27ClN6/c1-2-9-23-14-8-10-27(12-14)19-15-4-3-5-18(15)25-20(26-19)24-13-6-7-16(21)17(22)11-13/h6-7,11,14,23H,2-5,8-10,12,22H2,1H3,(H,24,25,26)/t14-/m0/s1. The van der Waals surface area contributed by atoms with E-state index in [1.165, 1.54) is 11.3 Å². The molecule has 2 heterocycles. The highest BCUT2D eigenvalue weighted by Crippen LogP contribution is 2.33. The summed E-state index contributed by atoms with van der Waals surface area (Å²) >= 11 is 6.02. The van der Waals surface area contributed by atoms with Crippen molar-refractivity contribution in [2.75, 3.05) is 35.6 Å². The minimum absolute atomic E-state index is 0.546. The van der Waals surface area contributed by atoms with Gasteiger partial charge in [0.1, 0.15) is 5.82 Å². The van der Waals surface area contributed by atoms with Gasteiger partial charge in [-0.15, -0.1) is 0 Å². The first-order valence-corrected chi connectivity index (χ1v) is 10.2. The summed E-state index contributed by atoms with van der Waals surface area (Å²) in [5.41, 5.74) is 9.82. The lowest BCUT2D eigenvalue weighted by Crippen LogP contribution is -2.33. The van der Waals surface area contributed by atoms with E-state index in [0.29, 0.717) is 22.7 Å². The monoisotopic (exact) mass is 386 g/mol. The fourth-order valence-electron chi connectivity index (χ4n) is 3.95. The number of hydrogen-bond acceptors (Lipinski definition) is 6. The van der Waals surface area contributed by atoms with Crippen LogP contribution in [0.2, 0.25) is 5.02 Å². The van der Waals surface area contributed by atoms with Crippen molar-refractivity contribution in [3.05, 3.63) is 34.5 Å². The Morgan fingerprint density at radius 1 is 1.30 bits per heavy atom. The SMILES string of the molecule is CCCN[C@H]1CCN(c2nc(Nc3ccc(Cl)c(N)c3)nc3c2CCC3)C1. The highest BCUT2D eigenvalue weighted by molar-refractivity contribution is 6.33. The highest BCUT2D eigenvalue weighted by Gasteiger charge is 2.28. The molecule has 1 aromatic carbocycles. The van der Waals surface area contributed by atoms with Gasteiger partial charge < -0.3 is 21.3 Å². The molecule has 0 amide bonds. The summed E-state index contributed by atoms with van der Waals surface area (Å²) in [6.45, 7) is 5.33. The molecule has 6 nitrogen and oxygen atoms in total. The number of nitrogens with zero attached hydrogens (tertiary/aromatic N) is 3. The van der Waals surface area contributed by atoms with Gasteiger partial charge in [-0.05, 0) is 56.8 Å². The first kappa shape index (κ1) is 18.3. The van der Waals surface area contributed by atoms with Crippen LogP contribution in [0.5, 0.6) is 0 Å². The number of halogens is 1. The summed E-state index contributed by atoms with van der Waals surface area (Å²) in [6, 6.07) is 6.05. The smallest absolute Gasteiger partial charge is 0.229 e. The third kappa shape index (κ3) is 3.96. The summed E-state index contributed by atoms with van der Waals surface area (Å²) < 4.78 is 0. The molecule has 2 aromatic rings. The molecule has 2 aliphatic rings. The molecule has 4 rings (SSSR count). The van der Waals surface area contributed by atoms with E-state index in [9.17, 15) is 0 Å². The summed E-state index contributed by atoms with van der Waals surface area (Å²) in [5, 5.41) is 7.50. The van der Waals surface area contributed by atoms with Crippen LogP contribution in [0.25, 0.3) is 0 Å². The number of nitrogens with one attached hydrogen (secondary N) is 2. The van der Waals surface area contributed by atoms with Crippen LogP contribution in [0.3, 0.4) is 0 Å². The fraction of sp³-hybridized carbons (Fsp3) is 0.500. The molecule has 1 atom stereocenters. The summed E-state index contributed by atoms with van der Waals surface area (Å²) in [7, 11) is 0. The van der Waals surface area contributed by atoms with E-state index in [1.807, 2.05) is 12.1 Å². The number of aryl methyl sites for hydroxylation is 1. The van der Waals surface area contributed by atoms with E-state index in [-0.39, 0.29) is 0 Å². The highest BCUT2D eigenvalue weighted by atomic mass is 35.5. The van der Waals surface area contributed by atoms with Crippen molar-refractivity contribution < 1.29 is 0 Å². The Morgan fingerprint density at radius 2 is 2.19 bits per heavy atom. The normalized spacial score (nSPS) is 18.7. The van der Waals surface area contributed by atoms with E-state index in [0.717, 1.165) is 63.2 Å². The predicted octanol–water partition coefficient (Wildman–Crippen LogP) is 3.52. The maximum Gasteiger partial charge on any atom is 0.229 e. The van der Waals surface area contributed by atoms with Gasteiger partial charge >= 0.3 is 0 Å². The molecule has 0 saturated carbocycles. The van der Waals surface area contributed by atoms with Crippen molar-refractivity contribution in [2.45, 2.75) is 45.1 Å². The lowest BCUT2D eigenvalue weighted by atomic mass is 10.2. The summed E-state index contributed by atoms with van der Waals surface area (Å²) in [5.74, 6) is 1.74. The van der Waals surface area contributed by atoms with E-state index >= 15 is 0 Å². The number of rotatable bonds is 6. The van der Waals surface area contributed by atoms with Crippen molar-refractivity contribution in [3.63, 3.8) is 0 Å². The van der Waals surface area contributed by atoms with Crippen LogP contribution < -0.4 is 21.3 Å². The van der Waals surface area contributed by atoms with Gasteiger partial charge in [-0.1, -0.05) is 18.5 Å². The van der Waals surface area contributed by atoms with Crippen LogP contribution in [-0.2, 0) is 12.8 Å². The molecule has 0 bridgehead atoms. The number of nitrogen functional groups attached to an aromatic ring is 1. The third-order valence-corrected chi connectivity index (χ3v) is 5.68. The Hall–Kier alpha value is -2.05. The minimum Gasteiger partial charge on any atom is -0.397 e. The van der Waals surface area contributed by atoms with Gasteiger partial charge in [-0.25, -0.2) is 4.98 Å². The van der Waals surface area contributed by atoms with E-state index in [1.54, 1.807) is 6.07 Å². The van der Waals surface area contributed by atoms with Crippen molar-refractivity contribution in [1.29, 1.82) is 0 Å². The molecule has 0 radical (unpaired) electrons. The average Bonchev–Trinajstić information content (AvgIpc) is 3.31. The van der Waals surface area contributed by atoms with E-state index in [2.05, 4.69) is 22.5 Å². The average molecular weight is 387 g/mol. The van der Waals surface area contributed by atoms with Gasteiger partial charge in [-0.2, -0.15) is 4.98 Å². The molecule has 1 aromatic heterocycles. The summed E-state index contributed by atoms with van der Waals surface area (Å²) in [6.07, 6.45) is 5.57. The Balaban J connectivity index is 1.58. The molecule has 1 fully saturated rings. The Bertz CT molecular complexity index is 824. The van der Waals surface area contributed by atoms with Gasteiger partial charge in [0.2, 0.25) is 5.95 Å². The number of hydrogen-bond donors (Lipinski definition) is 3. The first-order chi connectivity index (χ1) is 13.1. The molecule has 1 aliphatic carbocycles. The molecule has 27 heavy (non-hydrogen) atoms. The third-order valence-electron chi connectivity index (χ3n) is 5.33. The number of nitrogens with two attached hydrogens (primary N) is 1. The van der Waals surface area contributed by atoms with Gasteiger partial charge in [0.05, 0.1) is 16.4 Å². The molecule has 4 N–H and O–H groups in total. The Kier molecular flexibility index (Phi) is 5.36. The van der Waals surface area contributed by atoms with Crippen LogP contribution in [0.15, 0.2) is 18.2 Å². The van der Waals surface area contributed by atoms with Gasteiger partial charge in [0, 0.05) is 30.4 Å². The zero-order valence-electron chi connectivity index (χ0n) is 15.8. The van der Waals surface area contributed by atoms with Gasteiger partial charge in [0.25, 0.3) is 0 Å². The van der Waals surface area contributed by atoms with Crippen LogP contribution in [-0.4, -0.2) is 35.6 Å². The maximum absolute atomic E-state index is 6.02. The maximum atomic E-state index is 6.02. The molecule has 7 heteroatoms. The lowest BCUT2D eigenvalue weighted by Gasteiger charge is -2.22. The van der Waals surface area contributed by atoms with Crippen LogP contribution in [0.1, 0.15) is 37.4 Å². The summed E-state index contributed by atoms with van der Waals surface area (Å²) in [4.78, 5) is 12.1. The number of benzene rings is 1. The molecule has 1 saturated heterocycles. The molecular formula is C20H27ClN6. The second-order valence-corrected chi connectivity index (χ2v) is 7.80. The lowest BCUT2D eigenvalue weighted by molar-refractivity contribution is 0.549. The quantitative estimate of drug-likeness (QED) is 0.659. The minimum atomic E-state index is 0.546. The zero-order chi connectivity index (χ0) is 18.8. The van der Waals surface area contributed by atoms with E-state index < -0.39 is 0 Å². The van der Waals surface area contributed by atoms with Gasteiger partial charge in [0.15, 0.2) is 0 Å². The van der Waals surface area contributed by atoms with Crippen LogP contribution >= 0.6 is 11.6 Å². The first-order valence-electron chi connectivity index (χ1n) is 9.84. The molecular weight excluding hydrogens is 360 g/mol. The van der Waals surface area contributed by atoms with E-state index in [4.69, 9.17) is 27.3 Å². The van der Waals surface area contributed by atoms with Crippen LogP contribution in [0, 0.1) is 0 Å². The second kappa shape index (κ2) is 7.90. The zero-order valence-corrected chi connectivity index (χ0v) is 16.5. The molecule has 1 aliphatic heterocycles. The van der Waals surface area contributed by atoms with Crippen molar-refractivity contribution >= 4 is 34.7 Å². The predicted molar refractivity (Wildman–Crippen MR) is 112 cm³/mol. The van der Waals surface area contributed by atoms with Gasteiger partial charge in [-0.3, -0.25) is 0 Å². The Morgan fingerprint density at radius 3 is 3.00 bits per heavy atom. The van der Waals surface area contributed by atoms with Crippen molar-refractivity contribution in [2.24, 2.45) is 0 Å². The second-order valence-electron chi connectivity index (χ2n) is 7.40.